The summed E-state index contributed by atoms with van der Waals surface area (Å²) in [6.45, 7) is 4.19. The Morgan fingerprint density at radius 1 is 1.42 bits per heavy atom. The third-order valence-electron chi connectivity index (χ3n) is 5.66. The van der Waals surface area contributed by atoms with Crippen LogP contribution in [0.25, 0.3) is 0 Å². The third-order valence-corrected chi connectivity index (χ3v) is 5.96. The minimum absolute atomic E-state index is 0.0686. The van der Waals surface area contributed by atoms with Crippen molar-refractivity contribution in [3.63, 3.8) is 0 Å². The smallest absolute Gasteiger partial charge is 0.255 e. The van der Waals surface area contributed by atoms with Gasteiger partial charge in [-0.2, -0.15) is 0 Å². The van der Waals surface area contributed by atoms with E-state index in [-0.39, 0.29) is 11.9 Å². The van der Waals surface area contributed by atoms with Crippen molar-refractivity contribution in [2.45, 2.75) is 31.7 Å². The maximum atomic E-state index is 12.9. The Morgan fingerprint density at radius 2 is 2.21 bits per heavy atom. The van der Waals surface area contributed by atoms with E-state index < -0.39 is 0 Å². The zero-order valence-electron chi connectivity index (χ0n) is 14.0. The van der Waals surface area contributed by atoms with Crippen LogP contribution in [-0.4, -0.2) is 50.1 Å². The lowest BCUT2D eigenvalue weighted by Crippen LogP contribution is -2.57. The first-order chi connectivity index (χ1) is 11.7. The lowest BCUT2D eigenvalue weighted by atomic mass is 9.84. The average molecular weight is 350 g/mol. The first-order valence-electron chi connectivity index (χ1n) is 8.84. The molecule has 5 nitrogen and oxygen atoms in total. The molecule has 6 heteroatoms. The molecule has 0 saturated carbocycles. The van der Waals surface area contributed by atoms with Crippen LogP contribution < -0.4 is 15.4 Å². The predicted octanol–water partition coefficient (Wildman–Crippen LogP) is 2.53. The van der Waals surface area contributed by atoms with Gasteiger partial charge in [0.15, 0.2) is 0 Å². The number of carbonyl (C=O) groups is 1. The molecule has 3 fully saturated rings. The summed E-state index contributed by atoms with van der Waals surface area (Å²) in [5.41, 5.74) is 2.50. The Hall–Kier alpha value is -1.46. The molecule has 2 N–H and O–H groups in total. The summed E-state index contributed by atoms with van der Waals surface area (Å²) in [4.78, 5) is 15.4. The van der Waals surface area contributed by atoms with E-state index in [4.69, 9.17) is 16.3 Å². The molecule has 0 aromatic heterocycles. The van der Waals surface area contributed by atoms with Gasteiger partial charge in [-0.15, -0.1) is 0 Å². The Balaban J connectivity index is 1.61. The number of ether oxygens (including phenoxy) is 1. The van der Waals surface area contributed by atoms with E-state index in [1.165, 1.54) is 12.8 Å². The zero-order valence-corrected chi connectivity index (χ0v) is 14.8. The third kappa shape index (κ3) is 2.74. The van der Waals surface area contributed by atoms with Crippen LogP contribution in [-0.2, 0) is 6.42 Å². The summed E-state index contributed by atoms with van der Waals surface area (Å²) in [6, 6.07) is 1.98. The number of benzene rings is 1. The van der Waals surface area contributed by atoms with Crippen LogP contribution >= 0.6 is 11.6 Å². The fraction of sp³-hybridized carbons (Fsp3) is 0.611. The second-order valence-electron chi connectivity index (χ2n) is 7.04. The van der Waals surface area contributed by atoms with Crippen LogP contribution in [0.2, 0.25) is 5.02 Å². The summed E-state index contributed by atoms with van der Waals surface area (Å²) >= 11 is 6.42. The van der Waals surface area contributed by atoms with Crippen LogP contribution in [0.1, 0.15) is 35.2 Å². The molecule has 0 aliphatic carbocycles. The van der Waals surface area contributed by atoms with Gasteiger partial charge in [-0.3, -0.25) is 4.79 Å². The largest absolute Gasteiger partial charge is 0.496 e. The van der Waals surface area contributed by atoms with Gasteiger partial charge in [-0.25, -0.2) is 0 Å². The molecule has 4 aliphatic rings. The molecule has 1 unspecified atom stereocenters. The second kappa shape index (κ2) is 6.45. The Morgan fingerprint density at radius 3 is 2.88 bits per heavy atom. The zero-order chi connectivity index (χ0) is 16.7. The molecular formula is C18H24ClN3O2. The number of nitrogens with zero attached hydrogens (tertiary/aromatic N) is 1. The average Bonchev–Trinajstić information content (AvgIpc) is 2.62. The normalized spacial score (nSPS) is 28.0. The fourth-order valence-electron chi connectivity index (χ4n) is 4.37. The monoisotopic (exact) mass is 349 g/mol. The molecule has 4 heterocycles. The van der Waals surface area contributed by atoms with E-state index >= 15 is 0 Å². The van der Waals surface area contributed by atoms with Gasteiger partial charge in [0.05, 0.1) is 23.4 Å². The molecule has 24 heavy (non-hydrogen) atoms. The topological polar surface area (TPSA) is 53.6 Å². The molecule has 0 radical (unpaired) electrons. The number of amides is 1. The molecule has 130 valence electrons. The molecule has 1 aromatic rings. The molecule has 1 amide bonds. The first-order valence-corrected chi connectivity index (χ1v) is 9.21. The van der Waals surface area contributed by atoms with E-state index in [0.29, 0.717) is 22.3 Å². The number of halogens is 1. The van der Waals surface area contributed by atoms with Gasteiger partial charge in [0.1, 0.15) is 5.75 Å². The highest BCUT2D eigenvalue weighted by atomic mass is 35.5. The highest BCUT2D eigenvalue weighted by molar-refractivity contribution is 6.34. The van der Waals surface area contributed by atoms with Gasteiger partial charge in [0.25, 0.3) is 5.91 Å². The van der Waals surface area contributed by atoms with Crippen molar-refractivity contribution in [2.75, 3.05) is 38.6 Å². The fourth-order valence-corrected chi connectivity index (χ4v) is 4.66. The van der Waals surface area contributed by atoms with Crippen LogP contribution in [0, 0.1) is 5.92 Å². The number of carbonyl (C=O) groups excluding carboxylic acids is 1. The number of rotatable bonds is 3. The van der Waals surface area contributed by atoms with Crippen molar-refractivity contribution < 1.29 is 9.53 Å². The number of piperidine rings is 3. The van der Waals surface area contributed by atoms with Crippen molar-refractivity contribution in [3.05, 3.63) is 22.2 Å². The molecule has 2 bridgehead atoms. The summed E-state index contributed by atoms with van der Waals surface area (Å²) in [5.74, 6) is 1.20. The van der Waals surface area contributed by atoms with Crippen molar-refractivity contribution in [1.82, 2.24) is 10.2 Å². The first kappa shape index (κ1) is 16.0. The van der Waals surface area contributed by atoms with Crippen molar-refractivity contribution >= 4 is 23.2 Å². The lowest BCUT2D eigenvalue weighted by Gasteiger charge is -2.45. The molecule has 0 spiro atoms. The van der Waals surface area contributed by atoms with E-state index in [1.54, 1.807) is 13.2 Å². The maximum absolute atomic E-state index is 12.9. The summed E-state index contributed by atoms with van der Waals surface area (Å²) in [6.07, 6.45) is 4.25. The summed E-state index contributed by atoms with van der Waals surface area (Å²) in [5, 5.41) is 7.16. The molecule has 1 aromatic carbocycles. The Kier molecular flexibility index (Phi) is 4.31. The van der Waals surface area contributed by atoms with Crippen LogP contribution in [0.15, 0.2) is 6.07 Å². The maximum Gasteiger partial charge on any atom is 0.255 e. The number of anilines is 1. The summed E-state index contributed by atoms with van der Waals surface area (Å²) < 4.78 is 5.60. The van der Waals surface area contributed by atoms with E-state index in [1.807, 2.05) is 0 Å². The molecule has 3 saturated heterocycles. The Bertz CT molecular complexity index is 656. The van der Waals surface area contributed by atoms with Gasteiger partial charge in [0, 0.05) is 24.7 Å². The van der Waals surface area contributed by atoms with Crippen molar-refractivity contribution in [3.8, 4) is 5.75 Å². The number of fused-ring (bicyclic) bond motifs is 4. The SMILES string of the molecule is COc1c(C(=O)NC2CN3CCC2CC3)cc(Cl)c2c1CCCN2. The van der Waals surface area contributed by atoms with Gasteiger partial charge in [-0.05, 0) is 50.8 Å². The van der Waals surface area contributed by atoms with Crippen molar-refractivity contribution in [1.29, 1.82) is 0 Å². The predicted molar refractivity (Wildman–Crippen MR) is 95.2 cm³/mol. The highest BCUT2D eigenvalue weighted by Crippen LogP contribution is 2.39. The lowest BCUT2D eigenvalue weighted by molar-refractivity contribution is 0.0619. The second-order valence-corrected chi connectivity index (χ2v) is 7.45. The standard InChI is InChI=1S/C18H24ClN3O2/c1-24-17-12-3-2-6-20-16(12)14(19)9-13(17)18(23)21-15-10-22-7-4-11(15)5-8-22/h9,11,15,20H,2-8,10H2,1H3,(H,21,23). The van der Waals surface area contributed by atoms with Crippen LogP contribution in [0.5, 0.6) is 5.75 Å². The minimum atomic E-state index is -0.0686. The van der Waals surface area contributed by atoms with Crippen LogP contribution in [0.3, 0.4) is 0 Å². The quantitative estimate of drug-likeness (QED) is 0.880. The van der Waals surface area contributed by atoms with Gasteiger partial charge >= 0.3 is 0 Å². The molecule has 5 rings (SSSR count). The number of hydrogen-bond acceptors (Lipinski definition) is 4. The number of methoxy groups -OCH3 is 1. The van der Waals surface area contributed by atoms with Crippen LogP contribution in [0.4, 0.5) is 5.69 Å². The van der Waals surface area contributed by atoms with E-state index in [0.717, 1.165) is 50.3 Å². The van der Waals surface area contributed by atoms with E-state index in [9.17, 15) is 4.79 Å². The molecule has 4 aliphatic heterocycles. The van der Waals surface area contributed by atoms with Gasteiger partial charge in [0.2, 0.25) is 0 Å². The van der Waals surface area contributed by atoms with E-state index in [2.05, 4.69) is 15.5 Å². The number of hydrogen-bond donors (Lipinski definition) is 2. The molecule has 1 atom stereocenters. The van der Waals surface area contributed by atoms with Gasteiger partial charge in [-0.1, -0.05) is 11.6 Å². The van der Waals surface area contributed by atoms with Crippen molar-refractivity contribution in [2.24, 2.45) is 5.92 Å². The summed E-state index contributed by atoms with van der Waals surface area (Å²) in [7, 11) is 1.63. The minimum Gasteiger partial charge on any atom is -0.496 e. The molecular weight excluding hydrogens is 326 g/mol. The Labute approximate surface area is 147 Å². The van der Waals surface area contributed by atoms with Gasteiger partial charge < -0.3 is 20.3 Å². The number of nitrogens with one attached hydrogen (secondary N) is 2. The highest BCUT2D eigenvalue weighted by Gasteiger charge is 2.35.